The molecule has 4 heteroatoms. The van der Waals surface area contributed by atoms with Gasteiger partial charge in [0.25, 0.3) is 5.91 Å². The summed E-state index contributed by atoms with van der Waals surface area (Å²) in [5.74, 6) is -0.158. The van der Waals surface area contributed by atoms with E-state index in [4.69, 9.17) is 0 Å². The molecule has 138 valence electrons. The van der Waals surface area contributed by atoms with Gasteiger partial charge >= 0.3 is 0 Å². The van der Waals surface area contributed by atoms with E-state index in [1.807, 2.05) is 42.5 Å². The minimum atomic E-state index is -0.0887. The lowest BCUT2D eigenvalue weighted by Crippen LogP contribution is -2.31. The van der Waals surface area contributed by atoms with E-state index in [-0.39, 0.29) is 23.3 Å². The topological polar surface area (TPSA) is 58.2 Å². The van der Waals surface area contributed by atoms with Gasteiger partial charge in [0.05, 0.1) is 6.04 Å². The number of rotatable bonds is 6. The van der Waals surface area contributed by atoms with Gasteiger partial charge in [0.1, 0.15) is 0 Å². The molecule has 0 saturated heterocycles. The van der Waals surface area contributed by atoms with Crippen LogP contribution < -0.4 is 10.6 Å². The summed E-state index contributed by atoms with van der Waals surface area (Å²) in [6, 6.07) is 17.4. The van der Waals surface area contributed by atoms with Crippen LogP contribution in [0.1, 0.15) is 61.6 Å². The van der Waals surface area contributed by atoms with Gasteiger partial charge in [-0.25, -0.2) is 0 Å². The minimum Gasteiger partial charge on any atom is -0.352 e. The molecule has 2 amide bonds. The van der Waals surface area contributed by atoms with Crippen LogP contribution in [0.5, 0.6) is 0 Å². The molecule has 0 spiro atoms. The number of hydrogen-bond donors (Lipinski definition) is 2. The molecule has 0 heterocycles. The largest absolute Gasteiger partial charge is 0.352 e. The molecule has 0 saturated carbocycles. The van der Waals surface area contributed by atoms with E-state index < -0.39 is 0 Å². The average Bonchev–Trinajstić information content (AvgIpc) is 2.59. The Labute approximate surface area is 156 Å². The summed E-state index contributed by atoms with van der Waals surface area (Å²) in [5.41, 5.74) is 2.78. The predicted octanol–water partition coefficient (Wildman–Crippen LogP) is 4.23. The number of hydrogen-bond acceptors (Lipinski definition) is 2. The Kier molecular flexibility index (Phi) is 6.56. The van der Waals surface area contributed by atoms with Crippen molar-refractivity contribution in [3.05, 3.63) is 71.3 Å². The first-order chi connectivity index (χ1) is 12.2. The second-order valence-corrected chi connectivity index (χ2v) is 7.81. The molecule has 2 aromatic rings. The Morgan fingerprint density at radius 2 is 1.58 bits per heavy atom. The Morgan fingerprint density at radius 1 is 0.962 bits per heavy atom. The van der Waals surface area contributed by atoms with E-state index in [0.29, 0.717) is 12.1 Å². The fourth-order valence-corrected chi connectivity index (χ4v) is 2.79. The third kappa shape index (κ3) is 6.36. The first-order valence-corrected chi connectivity index (χ1v) is 8.94. The van der Waals surface area contributed by atoms with Crippen molar-refractivity contribution in [2.75, 3.05) is 0 Å². The van der Waals surface area contributed by atoms with Gasteiger partial charge in [0.2, 0.25) is 5.91 Å². The quantitative estimate of drug-likeness (QED) is 0.817. The highest BCUT2D eigenvalue weighted by atomic mass is 16.2. The van der Waals surface area contributed by atoms with E-state index >= 15 is 0 Å². The maximum atomic E-state index is 12.7. The number of benzene rings is 2. The number of carbonyl (C=O) groups excluding carboxylic acids is 2. The highest BCUT2D eigenvalue weighted by Crippen LogP contribution is 2.29. The van der Waals surface area contributed by atoms with Crippen LogP contribution in [0.15, 0.2) is 54.6 Å². The van der Waals surface area contributed by atoms with Crippen molar-refractivity contribution in [3.63, 3.8) is 0 Å². The highest BCUT2D eigenvalue weighted by Gasteiger charge is 2.22. The van der Waals surface area contributed by atoms with Gasteiger partial charge in [0, 0.05) is 19.0 Å². The monoisotopic (exact) mass is 352 g/mol. The molecule has 0 aliphatic rings. The van der Waals surface area contributed by atoms with Crippen LogP contribution in [0.25, 0.3) is 0 Å². The van der Waals surface area contributed by atoms with Gasteiger partial charge in [-0.2, -0.15) is 0 Å². The predicted molar refractivity (Wildman–Crippen MR) is 105 cm³/mol. The van der Waals surface area contributed by atoms with Crippen molar-refractivity contribution >= 4 is 11.8 Å². The molecule has 26 heavy (non-hydrogen) atoms. The zero-order valence-electron chi connectivity index (χ0n) is 16.0. The molecule has 0 aliphatic heterocycles. The molecule has 2 aromatic carbocycles. The Morgan fingerprint density at radius 3 is 2.12 bits per heavy atom. The van der Waals surface area contributed by atoms with Crippen LogP contribution in [0.3, 0.4) is 0 Å². The molecule has 0 aromatic heterocycles. The lowest BCUT2D eigenvalue weighted by molar-refractivity contribution is -0.119. The molecular weight excluding hydrogens is 324 g/mol. The van der Waals surface area contributed by atoms with Crippen molar-refractivity contribution in [2.45, 2.75) is 46.7 Å². The first-order valence-electron chi connectivity index (χ1n) is 8.94. The molecule has 0 fully saturated rings. The maximum absolute atomic E-state index is 12.7. The van der Waals surface area contributed by atoms with Crippen LogP contribution in [0, 0.1) is 5.41 Å². The van der Waals surface area contributed by atoms with Gasteiger partial charge in [-0.15, -0.1) is 0 Å². The van der Waals surface area contributed by atoms with Gasteiger partial charge in [-0.05, 0) is 35.1 Å². The van der Waals surface area contributed by atoms with Crippen LogP contribution in [0.4, 0.5) is 0 Å². The summed E-state index contributed by atoms with van der Waals surface area (Å²) >= 11 is 0. The summed E-state index contributed by atoms with van der Waals surface area (Å²) in [6.45, 7) is 8.47. The standard InChI is InChI=1S/C22H28N2O2/c1-16(25)23-15-17-10-12-19(13-11-17)21(26)24-20(14-22(2,3)4)18-8-6-5-7-9-18/h5-13,20H,14-15H2,1-4H3,(H,23,25)(H,24,26). The molecule has 2 rings (SSSR count). The zero-order valence-corrected chi connectivity index (χ0v) is 16.0. The number of amides is 2. The van der Waals surface area contributed by atoms with Gasteiger partial charge in [-0.1, -0.05) is 63.2 Å². The van der Waals surface area contributed by atoms with E-state index in [2.05, 4.69) is 31.4 Å². The molecule has 0 radical (unpaired) electrons. The lowest BCUT2D eigenvalue weighted by Gasteiger charge is -2.27. The molecule has 0 bridgehead atoms. The fraction of sp³-hybridized carbons (Fsp3) is 0.364. The van der Waals surface area contributed by atoms with Crippen LogP contribution in [-0.2, 0) is 11.3 Å². The summed E-state index contributed by atoms with van der Waals surface area (Å²) in [5, 5.41) is 5.92. The number of nitrogens with one attached hydrogen (secondary N) is 2. The Balaban J connectivity index is 2.10. The van der Waals surface area contributed by atoms with E-state index in [1.54, 1.807) is 12.1 Å². The molecular formula is C22H28N2O2. The fourth-order valence-electron chi connectivity index (χ4n) is 2.79. The summed E-state index contributed by atoms with van der Waals surface area (Å²) < 4.78 is 0. The normalized spacial score (nSPS) is 12.3. The minimum absolute atomic E-state index is 0.0391. The van der Waals surface area contributed by atoms with Gasteiger partial charge in [-0.3, -0.25) is 9.59 Å². The van der Waals surface area contributed by atoms with Crippen LogP contribution in [0.2, 0.25) is 0 Å². The Bertz CT molecular complexity index is 731. The smallest absolute Gasteiger partial charge is 0.251 e. The second-order valence-electron chi connectivity index (χ2n) is 7.81. The average molecular weight is 352 g/mol. The van der Waals surface area contributed by atoms with Crippen LogP contribution >= 0.6 is 0 Å². The van der Waals surface area contributed by atoms with Crippen LogP contribution in [-0.4, -0.2) is 11.8 Å². The summed E-state index contributed by atoms with van der Waals surface area (Å²) in [6.07, 6.45) is 0.851. The second kappa shape index (κ2) is 8.65. The van der Waals surface area contributed by atoms with E-state index in [0.717, 1.165) is 17.5 Å². The molecule has 2 N–H and O–H groups in total. The Hall–Kier alpha value is -2.62. The van der Waals surface area contributed by atoms with Crippen molar-refractivity contribution in [2.24, 2.45) is 5.41 Å². The molecule has 1 unspecified atom stereocenters. The summed E-state index contributed by atoms with van der Waals surface area (Å²) in [7, 11) is 0. The molecule has 0 aliphatic carbocycles. The van der Waals surface area contributed by atoms with Crippen molar-refractivity contribution < 1.29 is 9.59 Å². The first kappa shape index (κ1) is 19.7. The zero-order chi connectivity index (χ0) is 19.2. The SMILES string of the molecule is CC(=O)NCc1ccc(C(=O)NC(CC(C)(C)C)c2ccccc2)cc1. The molecule has 4 nitrogen and oxygen atoms in total. The highest BCUT2D eigenvalue weighted by molar-refractivity contribution is 5.94. The lowest BCUT2D eigenvalue weighted by atomic mass is 9.85. The van der Waals surface area contributed by atoms with Gasteiger partial charge < -0.3 is 10.6 Å². The summed E-state index contributed by atoms with van der Waals surface area (Å²) in [4.78, 5) is 23.7. The van der Waals surface area contributed by atoms with E-state index in [1.165, 1.54) is 6.92 Å². The number of carbonyl (C=O) groups is 2. The third-order valence-corrected chi connectivity index (χ3v) is 4.08. The molecule has 1 atom stereocenters. The van der Waals surface area contributed by atoms with Crippen molar-refractivity contribution in [1.29, 1.82) is 0 Å². The third-order valence-electron chi connectivity index (χ3n) is 4.08. The maximum Gasteiger partial charge on any atom is 0.251 e. The van der Waals surface area contributed by atoms with E-state index in [9.17, 15) is 9.59 Å². The van der Waals surface area contributed by atoms with Crippen molar-refractivity contribution in [3.8, 4) is 0 Å². The van der Waals surface area contributed by atoms with Crippen molar-refractivity contribution in [1.82, 2.24) is 10.6 Å². The van der Waals surface area contributed by atoms with Gasteiger partial charge in [0.15, 0.2) is 0 Å².